The number of fused-ring (bicyclic) bond motifs is 1. The second kappa shape index (κ2) is 4.90. The molecule has 0 bridgehead atoms. The number of nitrogens with zero attached hydrogens (tertiary/aromatic N) is 2. The van der Waals surface area contributed by atoms with Crippen LogP contribution >= 0.6 is 0 Å². The first-order chi connectivity index (χ1) is 8.83. The van der Waals surface area contributed by atoms with Crippen LogP contribution in [0.25, 0.3) is 10.8 Å². The molecule has 2 atom stereocenters. The minimum absolute atomic E-state index is 0.385. The SMILES string of the molecule is NC1CCC(CNc2nncc3ccccc23)C1. The van der Waals surface area contributed by atoms with Gasteiger partial charge in [-0.25, -0.2) is 0 Å². The van der Waals surface area contributed by atoms with Gasteiger partial charge < -0.3 is 11.1 Å². The Morgan fingerprint density at radius 1 is 1.28 bits per heavy atom. The van der Waals surface area contributed by atoms with Crippen molar-refractivity contribution in [2.45, 2.75) is 25.3 Å². The van der Waals surface area contributed by atoms with E-state index in [4.69, 9.17) is 5.73 Å². The van der Waals surface area contributed by atoms with Gasteiger partial charge in [0.05, 0.1) is 6.20 Å². The molecule has 0 saturated heterocycles. The van der Waals surface area contributed by atoms with Crippen LogP contribution < -0.4 is 11.1 Å². The predicted octanol–water partition coefficient (Wildman–Crippen LogP) is 2.17. The molecule has 3 N–H and O–H groups in total. The van der Waals surface area contributed by atoms with Crippen molar-refractivity contribution in [3.63, 3.8) is 0 Å². The molecular formula is C14H18N4. The van der Waals surface area contributed by atoms with Crippen LogP contribution in [0.5, 0.6) is 0 Å². The molecule has 0 spiro atoms. The highest BCUT2D eigenvalue weighted by Gasteiger charge is 2.21. The smallest absolute Gasteiger partial charge is 0.156 e. The first kappa shape index (κ1) is 11.4. The van der Waals surface area contributed by atoms with Crippen molar-refractivity contribution in [1.29, 1.82) is 0 Å². The Labute approximate surface area is 107 Å². The lowest BCUT2D eigenvalue weighted by Gasteiger charge is -2.12. The Hall–Kier alpha value is -1.68. The summed E-state index contributed by atoms with van der Waals surface area (Å²) >= 11 is 0. The van der Waals surface area contributed by atoms with Gasteiger partial charge in [0.15, 0.2) is 5.82 Å². The van der Waals surface area contributed by atoms with E-state index < -0.39 is 0 Å². The van der Waals surface area contributed by atoms with Crippen LogP contribution in [-0.2, 0) is 0 Å². The Balaban J connectivity index is 1.74. The van der Waals surface area contributed by atoms with E-state index in [1.54, 1.807) is 6.20 Å². The standard InChI is InChI=1S/C14H18N4/c15-12-6-5-10(7-12)8-16-14-13-4-2-1-3-11(13)9-17-18-14/h1-4,9-10,12H,5-8,15H2,(H,16,18). The lowest BCUT2D eigenvalue weighted by atomic mass is 10.1. The largest absolute Gasteiger partial charge is 0.368 e. The average Bonchev–Trinajstić information content (AvgIpc) is 2.82. The van der Waals surface area contributed by atoms with E-state index >= 15 is 0 Å². The van der Waals surface area contributed by atoms with Crippen LogP contribution in [0.2, 0.25) is 0 Å². The van der Waals surface area contributed by atoms with Crippen LogP contribution in [0.15, 0.2) is 30.5 Å². The number of nitrogens with two attached hydrogens (primary N) is 1. The zero-order chi connectivity index (χ0) is 12.4. The summed E-state index contributed by atoms with van der Waals surface area (Å²) in [6.45, 7) is 0.941. The molecule has 1 heterocycles. The number of benzene rings is 1. The number of aromatic nitrogens is 2. The first-order valence-electron chi connectivity index (χ1n) is 6.53. The van der Waals surface area contributed by atoms with Crippen LogP contribution in [0.4, 0.5) is 5.82 Å². The fourth-order valence-electron chi connectivity index (χ4n) is 2.70. The third kappa shape index (κ3) is 2.29. The molecule has 0 aliphatic heterocycles. The highest BCUT2D eigenvalue weighted by atomic mass is 15.2. The van der Waals surface area contributed by atoms with Crippen molar-refractivity contribution in [2.24, 2.45) is 11.7 Å². The molecular weight excluding hydrogens is 224 g/mol. The second-order valence-corrected chi connectivity index (χ2v) is 5.10. The molecule has 4 nitrogen and oxygen atoms in total. The van der Waals surface area contributed by atoms with Crippen molar-refractivity contribution in [3.8, 4) is 0 Å². The van der Waals surface area contributed by atoms with Gasteiger partial charge in [0.2, 0.25) is 0 Å². The number of hydrogen-bond acceptors (Lipinski definition) is 4. The monoisotopic (exact) mass is 242 g/mol. The van der Waals surface area contributed by atoms with E-state index in [0.717, 1.165) is 36.0 Å². The van der Waals surface area contributed by atoms with E-state index in [2.05, 4.69) is 27.6 Å². The van der Waals surface area contributed by atoms with Crippen LogP contribution in [0.1, 0.15) is 19.3 Å². The summed E-state index contributed by atoms with van der Waals surface area (Å²) in [7, 11) is 0. The molecule has 3 rings (SSSR count). The Morgan fingerprint density at radius 2 is 2.17 bits per heavy atom. The van der Waals surface area contributed by atoms with E-state index in [9.17, 15) is 0 Å². The maximum atomic E-state index is 5.93. The lowest BCUT2D eigenvalue weighted by molar-refractivity contribution is 0.565. The maximum absolute atomic E-state index is 5.93. The van der Waals surface area contributed by atoms with Crippen molar-refractivity contribution < 1.29 is 0 Å². The van der Waals surface area contributed by atoms with Crippen molar-refractivity contribution >= 4 is 16.6 Å². The summed E-state index contributed by atoms with van der Waals surface area (Å²) in [5, 5.41) is 13.9. The zero-order valence-electron chi connectivity index (χ0n) is 10.3. The Morgan fingerprint density at radius 3 is 3.00 bits per heavy atom. The third-order valence-electron chi connectivity index (χ3n) is 3.71. The molecule has 2 unspecified atom stereocenters. The zero-order valence-corrected chi connectivity index (χ0v) is 10.3. The lowest BCUT2D eigenvalue weighted by Crippen LogP contribution is -2.18. The molecule has 1 aliphatic rings. The summed E-state index contributed by atoms with van der Waals surface area (Å²) in [5.41, 5.74) is 5.93. The predicted molar refractivity (Wildman–Crippen MR) is 73.3 cm³/mol. The van der Waals surface area contributed by atoms with Gasteiger partial charge in [0, 0.05) is 23.4 Å². The van der Waals surface area contributed by atoms with Gasteiger partial charge in [-0.3, -0.25) is 0 Å². The van der Waals surface area contributed by atoms with Crippen molar-refractivity contribution in [2.75, 3.05) is 11.9 Å². The Bertz CT molecular complexity index is 535. The quantitative estimate of drug-likeness (QED) is 0.865. The van der Waals surface area contributed by atoms with Gasteiger partial charge in [0.25, 0.3) is 0 Å². The maximum Gasteiger partial charge on any atom is 0.156 e. The molecule has 1 aromatic heterocycles. The molecule has 1 aromatic carbocycles. The van der Waals surface area contributed by atoms with Gasteiger partial charge in [-0.05, 0) is 25.2 Å². The van der Waals surface area contributed by atoms with Gasteiger partial charge in [-0.1, -0.05) is 24.3 Å². The number of rotatable bonds is 3. The molecule has 0 radical (unpaired) electrons. The average molecular weight is 242 g/mol. The number of hydrogen-bond donors (Lipinski definition) is 2. The van der Waals surface area contributed by atoms with Gasteiger partial charge >= 0.3 is 0 Å². The summed E-state index contributed by atoms with van der Waals surface area (Å²) in [6, 6.07) is 8.56. The fourth-order valence-corrected chi connectivity index (χ4v) is 2.70. The minimum atomic E-state index is 0.385. The minimum Gasteiger partial charge on any atom is -0.368 e. The fraction of sp³-hybridized carbons (Fsp3) is 0.429. The highest BCUT2D eigenvalue weighted by molar-refractivity contribution is 5.90. The van der Waals surface area contributed by atoms with Gasteiger partial charge in [-0.15, -0.1) is 5.10 Å². The van der Waals surface area contributed by atoms with E-state index in [-0.39, 0.29) is 0 Å². The molecule has 94 valence electrons. The molecule has 1 fully saturated rings. The molecule has 1 saturated carbocycles. The topological polar surface area (TPSA) is 63.8 Å². The van der Waals surface area contributed by atoms with Crippen LogP contribution in [0, 0.1) is 5.92 Å². The number of anilines is 1. The normalized spacial score (nSPS) is 23.4. The molecule has 2 aromatic rings. The van der Waals surface area contributed by atoms with Crippen LogP contribution in [-0.4, -0.2) is 22.8 Å². The summed E-state index contributed by atoms with van der Waals surface area (Å²) in [6.07, 6.45) is 5.27. The van der Waals surface area contributed by atoms with Gasteiger partial charge in [-0.2, -0.15) is 5.10 Å². The Kier molecular flexibility index (Phi) is 3.11. The first-order valence-corrected chi connectivity index (χ1v) is 6.53. The van der Waals surface area contributed by atoms with Gasteiger partial charge in [0.1, 0.15) is 0 Å². The summed E-state index contributed by atoms with van der Waals surface area (Å²) < 4.78 is 0. The van der Waals surface area contributed by atoms with Crippen LogP contribution in [0.3, 0.4) is 0 Å². The molecule has 0 amide bonds. The van der Waals surface area contributed by atoms with E-state index in [0.29, 0.717) is 12.0 Å². The summed E-state index contributed by atoms with van der Waals surface area (Å²) in [4.78, 5) is 0. The molecule has 18 heavy (non-hydrogen) atoms. The van der Waals surface area contributed by atoms with E-state index in [1.165, 1.54) is 6.42 Å². The summed E-state index contributed by atoms with van der Waals surface area (Å²) in [5.74, 6) is 1.55. The van der Waals surface area contributed by atoms with E-state index in [1.807, 2.05) is 12.1 Å². The number of nitrogens with one attached hydrogen (secondary N) is 1. The highest BCUT2D eigenvalue weighted by Crippen LogP contribution is 2.25. The molecule has 4 heteroatoms. The van der Waals surface area contributed by atoms with Crippen molar-refractivity contribution in [1.82, 2.24) is 10.2 Å². The molecule has 1 aliphatic carbocycles. The second-order valence-electron chi connectivity index (χ2n) is 5.10. The third-order valence-corrected chi connectivity index (χ3v) is 3.71. The van der Waals surface area contributed by atoms with Crippen molar-refractivity contribution in [3.05, 3.63) is 30.5 Å².